The number of likely N-dealkylation sites (tertiary alicyclic amines) is 1. The standard InChI is InChI=1S/C29H34N2O6/c1-28(2,3)37-27(35)31-16-15-29(14-8-13-23(29)31)24(25(32)33)30-26(34)36-17-22-20-11-6-4-9-18(20)19-10-5-7-12-21(19)22/h4-7,9-12,22-24H,8,13-17H2,1-3H3,(H,30,34)(H,32,33)/t23-,24?,29+/m0/s1. The van der Waals surface area contributed by atoms with Crippen molar-refractivity contribution < 1.29 is 29.0 Å². The number of carboxylic acid groups (broad SMARTS) is 1. The van der Waals surface area contributed by atoms with Gasteiger partial charge in [0, 0.05) is 23.9 Å². The van der Waals surface area contributed by atoms with E-state index in [1.165, 1.54) is 0 Å². The summed E-state index contributed by atoms with van der Waals surface area (Å²) >= 11 is 0. The highest BCUT2D eigenvalue weighted by Gasteiger charge is 2.59. The second-order valence-corrected chi connectivity index (χ2v) is 11.3. The molecular weight excluding hydrogens is 472 g/mol. The van der Waals surface area contributed by atoms with Crippen molar-refractivity contribution in [1.29, 1.82) is 0 Å². The van der Waals surface area contributed by atoms with Gasteiger partial charge in [0.25, 0.3) is 0 Å². The van der Waals surface area contributed by atoms with E-state index in [0.717, 1.165) is 28.7 Å². The fourth-order valence-electron chi connectivity index (χ4n) is 6.55. The van der Waals surface area contributed by atoms with Crippen LogP contribution < -0.4 is 5.32 Å². The van der Waals surface area contributed by atoms with Gasteiger partial charge >= 0.3 is 18.2 Å². The number of carbonyl (C=O) groups is 3. The van der Waals surface area contributed by atoms with Crippen LogP contribution in [0.15, 0.2) is 48.5 Å². The van der Waals surface area contributed by atoms with Gasteiger partial charge in [0.15, 0.2) is 0 Å². The van der Waals surface area contributed by atoms with Gasteiger partial charge in [0.05, 0.1) is 0 Å². The summed E-state index contributed by atoms with van der Waals surface area (Å²) in [6.07, 6.45) is 1.35. The van der Waals surface area contributed by atoms with Crippen molar-refractivity contribution >= 4 is 18.2 Å². The Morgan fingerprint density at radius 3 is 2.27 bits per heavy atom. The number of aliphatic carboxylic acids is 1. The lowest BCUT2D eigenvalue weighted by molar-refractivity contribution is -0.143. The Morgan fingerprint density at radius 2 is 1.68 bits per heavy atom. The van der Waals surface area contributed by atoms with Crippen molar-refractivity contribution in [2.24, 2.45) is 5.41 Å². The van der Waals surface area contributed by atoms with Gasteiger partial charge in [-0.25, -0.2) is 14.4 Å². The zero-order valence-corrected chi connectivity index (χ0v) is 21.5. The number of fused-ring (bicyclic) bond motifs is 4. The van der Waals surface area contributed by atoms with Crippen LogP contribution in [0.1, 0.15) is 63.5 Å². The van der Waals surface area contributed by atoms with E-state index in [1.54, 1.807) is 4.90 Å². The Hall–Kier alpha value is -3.55. The first-order valence-electron chi connectivity index (χ1n) is 12.9. The molecular formula is C29H34N2O6. The normalized spacial score (nSPS) is 23.1. The monoisotopic (exact) mass is 506 g/mol. The second kappa shape index (κ2) is 9.39. The molecule has 5 rings (SSSR count). The van der Waals surface area contributed by atoms with Gasteiger partial charge < -0.3 is 24.8 Å². The predicted octanol–water partition coefficient (Wildman–Crippen LogP) is 5.16. The van der Waals surface area contributed by atoms with Crippen molar-refractivity contribution in [3.63, 3.8) is 0 Å². The lowest BCUT2D eigenvalue weighted by atomic mass is 9.75. The Labute approximate surface area is 216 Å². The van der Waals surface area contributed by atoms with Crippen LogP contribution >= 0.6 is 0 Å². The Morgan fingerprint density at radius 1 is 1.05 bits per heavy atom. The zero-order chi connectivity index (χ0) is 26.4. The highest BCUT2D eigenvalue weighted by molar-refractivity contribution is 5.82. The van der Waals surface area contributed by atoms with Crippen molar-refractivity contribution in [3.05, 3.63) is 59.7 Å². The van der Waals surface area contributed by atoms with Crippen molar-refractivity contribution in [3.8, 4) is 11.1 Å². The molecule has 2 aromatic rings. The van der Waals surface area contributed by atoms with Crippen LogP contribution in [0.2, 0.25) is 0 Å². The Balaban J connectivity index is 1.30. The molecule has 2 amide bonds. The van der Waals surface area contributed by atoms with E-state index in [4.69, 9.17) is 9.47 Å². The number of carboxylic acids is 1. The molecule has 0 aromatic heterocycles. The average molecular weight is 507 g/mol. The quantitative estimate of drug-likeness (QED) is 0.581. The minimum atomic E-state index is -1.16. The molecule has 3 aliphatic rings. The fraction of sp³-hybridized carbons (Fsp3) is 0.483. The maximum atomic E-state index is 13.0. The van der Waals surface area contributed by atoms with Gasteiger partial charge in [0.2, 0.25) is 0 Å². The van der Waals surface area contributed by atoms with Gasteiger partial charge in [-0.2, -0.15) is 0 Å². The third kappa shape index (κ3) is 4.54. The van der Waals surface area contributed by atoms with Gasteiger partial charge in [-0.1, -0.05) is 55.0 Å². The molecule has 2 aliphatic carbocycles. The maximum absolute atomic E-state index is 13.0. The largest absolute Gasteiger partial charge is 0.480 e. The van der Waals surface area contributed by atoms with E-state index in [9.17, 15) is 19.5 Å². The molecule has 8 heteroatoms. The molecule has 1 saturated heterocycles. The molecule has 2 aromatic carbocycles. The van der Waals surface area contributed by atoms with Crippen LogP contribution in [0.5, 0.6) is 0 Å². The summed E-state index contributed by atoms with van der Waals surface area (Å²) in [6.45, 7) is 5.92. The molecule has 8 nitrogen and oxygen atoms in total. The molecule has 1 aliphatic heterocycles. The SMILES string of the molecule is CC(C)(C)OC(=O)N1CC[C@]2(C(NC(=O)OCC3c4ccccc4-c4ccccc43)C(=O)O)CCC[C@H]12. The summed E-state index contributed by atoms with van der Waals surface area (Å²) in [4.78, 5) is 39.9. The smallest absolute Gasteiger partial charge is 0.410 e. The fourth-order valence-corrected chi connectivity index (χ4v) is 6.55. The summed E-state index contributed by atoms with van der Waals surface area (Å²) in [5, 5.41) is 12.8. The number of nitrogens with zero attached hydrogens (tertiary/aromatic N) is 1. The van der Waals surface area contributed by atoms with Crippen molar-refractivity contribution in [2.75, 3.05) is 13.2 Å². The molecule has 0 spiro atoms. The summed E-state index contributed by atoms with van der Waals surface area (Å²) in [5.41, 5.74) is 3.02. The van der Waals surface area contributed by atoms with E-state index >= 15 is 0 Å². The number of benzene rings is 2. The molecule has 1 saturated carbocycles. The molecule has 1 unspecified atom stereocenters. The molecule has 2 fully saturated rings. The third-order valence-electron chi connectivity index (χ3n) is 8.03. The first-order chi connectivity index (χ1) is 17.6. The average Bonchev–Trinajstić information content (AvgIpc) is 3.50. The van der Waals surface area contributed by atoms with Crippen LogP contribution in [-0.2, 0) is 14.3 Å². The van der Waals surface area contributed by atoms with Gasteiger partial charge in [0.1, 0.15) is 18.2 Å². The number of hydrogen-bond acceptors (Lipinski definition) is 5. The number of carbonyl (C=O) groups excluding carboxylic acids is 2. The molecule has 2 N–H and O–H groups in total. The van der Waals surface area contributed by atoms with Crippen LogP contribution in [-0.4, -0.2) is 59.0 Å². The minimum absolute atomic E-state index is 0.104. The van der Waals surface area contributed by atoms with E-state index in [1.807, 2.05) is 57.2 Å². The topological polar surface area (TPSA) is 105 Å². The Kier molecular flexibility index (Phi) is 6.38. The second-order valence-electron chi connectivity index (χ2n) is 11.3. The van der Waals surface area contributed by atoms with Crippen LogP contribution in [0, 0.1) is 5.41 Å². The van der Waals surface area contributed by atoms with Crippen molar-refractivity contribution in [1.82, 2.24) is 10.2 Å². The van der Waals surface area contributed by atoms with E-state index in [-0.39, 0.29) is 18.6 Å². The summed E-state index contributed by atoms with van der Waals surface area (Å²) in [5.74, 6) is -1.24. The van der Waals surface area contributed by atoms with Gasteiger partial charge in [-0.3, -0.25) is 0 Å². The number of hydrogen-bond donors (Lipinski definition) is 2. The van der Waals surface area contributed by atoms with Crippen LogP contribution in [0.4, 0.5) is 9.59 Å². The van der Waals surface area contributed by atoms with Gasteiger partial charge in [-0.05, 0) is 62.3 Å². The molecule has 37 heavy (non-hydrogen) atoms. The van der Waals surface area contributed by atoms with Crippen LogP contribution in [0.3, 0.4) is 0 Å². The van der Waals surface area contributed by atoms with Crippen LogP contribution in [0.25, 0.3) is 11.1 Å². The number of alkyl carbamates (subject to hydrolysis) is 1. The summed E-state index contributed by atoms with van der Waals surface area (Å²) in [7, 11) is 0. The predicted molar refractivity (Wildman–Crippen MR) is 137 cm³/mol. The first-order valence-corrected chi connectivity index (χ1v) is 12.9. The third-order valence-corrected chi connectivity index (χ3v) is 8.03. The van der Waals surface area contributed by atoms with Gasteiger partial charge in [-0.15, -0.1) is 0 Å². The maximum Gasteiger partial charge on any atom is 0.410 e. The number of nitrogens with one attached hydrogen (secondary N) is 1. The first kappa shape index (κ1) is 25.1. The highest BCUT2D eigenvalue weighted by atomic mass is 16.6. The zero-order valence-electron chi connectivity index (χ0n) is 21.5. The molecule has 0 bridgehead atoms. The lowest BCUT2D eigenvalue weighted by Gasteiger charge is -2.37. The Bertz CT molecular complexity index is 1180. The number of ether oxygens (including phenoxy) is 2. The minimum Gasteiger partial charge on any atom is -0.480 e. The summed E-state index contributed by atoms with van der Waals surface area (Å²) in [6, 6.07) is 14.6. The van der Waals surface area contributed by atoms with E-state index in [0.29, 0.717) is 25.8 Å². The molecule has 1 heterocycles. The highest BCUT2D eigenvalue weighted by Crippen LogP contribution is 2.51. The van der Waals surface area contributed by atoms with Crippen molar-refractivity contribution in [2.45, 2.75) is 70.1 Å². The van der Waals surface area contributed by atoms with E-state index in [2.05, 4.69) is 17.4 Å². The number of rotatable bonds is 5. The summed E-state index contributed by atoms with van der Waals surface area (Å²) < 4.78 is 11.2. The molecule has 3 atom stereocenters. The lowest BCUT2D eigenvalue weighted by Crippen LogP contribution is -2.56. The molecule has 0 radical (unpaired) electrons. The number of amides is 2. The van der Waals surface area contributed by atoms with E-state index < -0.39 is 35.2 Å². The molecule has 196 valence electrons.